The number of amides is 1. The zero-order valence-electron chi connectivity index (χ0n) is 20.5. The van der Waals surface area contributed by atoms with Crippen molar-refractivity contribution in [1.82, 2.24) is 24.6 Å². The Morgan fingerprint density at radius 3 is 2.39 bits per heavy atom. The zero-order valence-corrected chi connectivity index (χ0v) is 20.5. The number of hydrogen-bond acceptors (Lipinski definition) is 6. The number of pyridine rings is 1. The van der Waals surface area contributed by atoms with Crippen molar-refractivity contribution in [2.75, 3.05) is 40.4 Å². The second-order valence-electron chi connectivity index (χ2n) is 8.63. The van der Waals surface area contributed by atoms with E-state index in [9.17, 15) is 4.79 Å². The average molecular weight is 484 g/mol. The number of ether oxygens (including phenoxy) is 2. The number of carbonyl (C=O) groups excluding carboxylic acids is 1. The van der Waals surface area contributed by atoms with Crippen LogP contribution in [0, 0.1) is 0 Å². The van der Waals surface area contributed by atoms with E-state index in [1.54, 1.807) is 18.9 Å². The largest absolute Gasteiger partial charge is 0.497 e. The summed E-state index contributed by atoms with van der Waals surface area (Å²) in [6.45, 7) is 3.62. The molecule has 1 amide bonds. The minimum atomic E-state index is -0.0467. The van der Waals surface area contributed by atoms with E-state index in [1.165, 1.54) is 0 Å². The maximum absolute atomic E-state index is 13.8. The molecule has 0 bridgehead atoms. The number of aromatic nitrogens is 3. The van der Waals surface area contributed by atoms with E-state index in [2.05, 4.69) is 9.88 Å². The second kappa shape index (κ2) is 10.6. The van der Waals surface area contributed by atoms with Gasteiger partial charge in [0.05, 0.1) is 31.2 Å². The van der Waals surface area contributed by atoms with E-state index in [4.69, 9.17) is 14.6 Å². The van der Waals surface area contributed by atoms with Crippen molar-refractivity contribution in [2.24, 2.45) is 0 Å². The van der Waals surface area contributed by atoms with Crippen molar-refractivity contribution >= 4 is 5.91 Å². The molecule has 0 aliphatic carbocycles. The molecule has 1 fully saturated rings. The fraction of sp³-hybridized carbons (Fsp3) is 0.250. The first-order valence-electron chi connectivity index (χ1n) is 12.0. The van der Waals surface area contributed by atoms with Gasteiger partial charge in [-0.3, -0.25) is 14.7 Å². The summed E-state index contributed by atoms with van der Waals surface area (Å²) >= 11 is 0. The van der Waals surface area contributed by atoms with Gasteiger partial charge in [-0.15, -0.1) is 0 Å². The third-order valence-corrected chi connectivity index (χ3v) is 6.40. The third-order valence-electron chi connectivity index (χ3n) is 6.40. The minimum absolute atomic E-state index is 0.0467. The van der Waals surface area contributed by atoms with Gasteiger partial charge in [0.25, 0.3) is 5.91 Å². The number of carbonyl (C=O) groups is 1. The molecule has 3 heterocycles. The molecule has 5 rings (SSSR count). The predicted octanol–water partition coefficient (Wildman–Crippen LogP) is 3.91. The normalized spacial score (nSPS) is 14.0. The van der Waals surface area contributed by atoms with Crippen LogP contribution in [0.3, 0.4) is 0 Å². The van der Waals surface area contributed by atoms with Gasteiger partial charge in [-0.05, 0) is 42.5 Å². The van der Waals surface area contributed by atoms with Gasteiger partial charge < -0.3 is 14.4 Å². The molecule has 0 saturated carbocycles. The molecule has 2 aromatic carbocycles. The molecule has 0 spiro atoms. The van der Waals surface area contributed by atoms with E-state index in [0.717, 1.165) is 31.0 Å². The molecular formula is C28H29N5O3. The Morgan fingerprint density at radius 2 is 1.69 bits per heavy atom. The third kappa shape index (κ3) is 4.94. The fourth-order valence-electron chi connectivity index (χ4n) is 4.44. The smallest absolute Gasteiger partial charge is 0.257 e. The summed E-state index contributed by atoms with van der Waals surface area (Å²) in [5.74, 6) is 1.25. The van der Waals surface area contributed by atoms with Crippen molar-refractivity contribution in [2.45, 2.75) is 6.54 Å². The molecule has 8 nitrogen and oxygen atoms in total. The number of para-hydroxylation sites is 1. The van der Waals surface area contributed by atoms with Crippen LogP contribution < -0.4 is 9.47 Å². The van der Waals surface area contributed by atoms with Crippen molar-refractivity contribution in [3.8, 4) is 28.4 Å². The number of hydrogen-bond donors (Lipinski definition) is 0. The highest BCUT2D eigenvalue weighted by molar-refractivity contribution is 6.00. The highest BCUT2D eigenvalue weighted by atomic mass is 16.5. The molecule has 4 aromatic rings. The second-order valence-corrected chi connectivity index (χ2v) is 8.63. The predicted molar refractivity (Wildman–Crippen MR) is 138 cm³/mol. The van der Waals surface area contributed by atoms with Crippen molar-refractivity contribution in [1.29, 1.82) is 0 Å². The summed E-state index contributed by atoms with van der Waals surface area (Å²) in [5.41, 5.74) is 3.72. The van der Waals surface area contributed by atoms with E-state index in [0.29, 0.717) is 41.4 Å². The van der Waals surface area contributed by atoms with Crippen LogP contribution in [0.15, 0.2) is 79.1 Å². The van der Waals surface area contributed by atoms with Crippen LogP contribution >= 0.6 is 0 Å². The molecular weight excluding hydrogens is 454 g/mol. The summed E-state index contributed by atoms with van der Waals surface area (Å²) in [6, 6.07) is 21.3. The van der Waals surface area contributed by atoms with Crippen LogP contribution in [-0.4, -0.2) is 70.9 Å². The first kappa shape index (κ1) is 23.6. The van der Waals surface area contributed by atoms with Crippen LogP contribution in [0.2, 0.25) is 0 Å². The van der Waals surface area contributed by atoms with Crippen molar-refractivity contribution < 1.29 is 14.3 Å². The van der Waals surface area contributed by atoms with Crippen LogP contribution in [0.1, 0.15) is 16.1 Å². The number of methoxy groups -OCH3 is 2. The molecule has 2 aromatic heterocycles. The highest BCUT2D eigenvalue weighted by Gasteiger charge is 2.28. The Labute approximate surface area is 210 Å². The molecule has 8 heteroatoms. The summed E-state index contributed by atoms with van der Waals surface area (Å²) < 4.78 is 12.8. The summed E-state index contributed by atoms with van der Waals surface area (Å²) in [4.78, 5) is 22.5. The Morgan fingerprint density at radius 1 is 0.917 bits per heavy atom. The average Bonchev–Trinajstić information content (AvgIpc) is 3.39. The standard InChI is InChI=1S/C28H29N5O3/c1-35-23-11-12-26(36-2)24(18-23)27-25(20-33(30-27)22-9-4-3-5-10-22)28(34)32-16-14-31(15-17-32)19-21-8-6-7-13-29-21/h3-13,18,20H,14-17,19H2,1-2H3. The van der Waals surface area contributed by atoms with Crippen molar-refractivity contribution in [3.63, 3.8) is 0 Å². The van der Waals surface area contributed by atoms with Crippen LogP contribution in [0.4, 0.5) is 0 Å². The molecule has 0 atom stereocenters. The highest BCUT2D eigenvalue weighted by Crippen LogP contribution is 2.35. The van der Waals surface area contributed by atoms with Gasteiger partial charge in [0.2, 0.25) is 0 Å². The first-order valence-corrected chi connectivity index (χ1v) is 12.0. The molecule has 0 N–H and O–H groups in total. The number of rotatable bonds is 7. The van der Waals surface area contributed by atoms with Gasteiger partial charge in [-0.25, -0.2) is 4.68 Å². The maximum atomic E-state index is 13.8. The Kier molecular flexibility index (Phi) is 6.95. The van der Waals surface area contributed by atoms with Gasteiger partial charge in [0.15, 0.2) is 0 Å². The molecule has 0 unspecified atom stereocenters. The summed E-state index contributed by atoms with van der Waals surface area (Å²) in [7, 11) is 3.23. The Balaban J connectivity index is 1.44. The fourth-order valence-corrected chi connectivity index (χ4v) is 4.44. The monoisotopic (exact) mass is 483 g/mol. The minimum Gasteiger partial charge on any atom is -0.497 e. The SMILES string of the molecule is COc1ccc(OC)c(-c2nn(-c3ccccc3)cc2C(=O)N2CCN(Cc3ccccn3)CC2)c1. The van der Waals surface area contributed by atoms with E-state index in [1.807, 2.05) is 84.0 Å². The van der Waals surface area contributed by atoms with Crippen LogP contribution in [0.5, 0.6) is 11.5 Å². The van der Waals surface area contributed by atoms with E-state index < -0.39 is 0 Å². The van der Waals surface area contributed by atoms with Crippen LogP contribution in [-0.2, 0) is 6.54 Å². The Bertz CT molecular complexity index is 1320. The van der Waals surface area contributed by atoms with Gasteiger partial charge in [-0.2, -0.15) is 5.10 Å². The lowest BCUT2D eigenvalue weighted by Crippen LogP contribution is -2.48. The maximum Gasteiger partial charge on any atom is 0.257 e. The lowest BCUT2D eigenvalue weighted by Gasteiger charge is -2.34. The lowest BCUT2D eigenvalue weighted by molar-refractivity contribution is 0.0627. The number of benzene rings is 2. The first-order chi connectivity index (χ1) is 17.7. The van der Waals surface area contributed by atoms with E-state index >= 15 is 0 Å². The van der Waals surface area contributed by atoms with Crippen molar-refractivity contribution in [3.05, 3.63) is 90.4 Å². The number of piperazine rings is 1. The van der Waals surface area contributed by atoms with Gasteiger partial charge in [0, 0.05) is 50.7 Å². The zero-order chi connectivity index (χ0) is 24.9. The molecule has 184 valence electrons. The lowest BCUT2D eigenvalue weighted by atomic mass is 10.1. The molecule has 1 aliphatic heterocycles. The Hall–Kier alpha value is -4.17. The molecule has 0 radical (unpaired) electrons. The topological polar surface area (TPSA) is 72.7 Å². The van der Waals surface area contributed by atoms with Crippen LogP contribution in [0.25, 0.3) is 16.9 Å². The molecule has 36 heavy (non-hydrogen) atoms. The summed E-state index contributed by atoms with van der Waals surface area (Å²) in [6.07, 6.45) is 3.63. The quantitative estimate of drug-likeness (QED) is 0.397. The van der Waals surface area contributed by atoms with E-state index in [-0.39, 0.29) is 5.91 Å². The number of nitrogens with zero attached hydrogens (tertiary/aromatic N) is 5. The summed E-state index contributed by atoms with van der Waals surface area (Å²) in [5, 5.41) is 4.84. The molecule has 1 aliphatic rings. The van der Waals surface area contributed by atoms with Gasteiger partial charge in [-0.1, -0.05) is 24.3 Å². The van der Waals surface area contributed by atoms with Gasteiger partial charge in [0.1, 0.15) is 17.2 Å². The molecule has 1 saturated heterocycles. The van der Waals surface area contributed by atoms with Gasteiger partial charge >= 0.3 is 0 Å².